The van der Waals surface area contributed by atoms with E-state index in [4.69, 9.17) is 0 Å². The molecule has 3 heteroatoms. The van der Waals surface area contributed by atoms with Gasteiger partial charge in [0.15, 0.2) is 0 Å². The molecular weight excluding hydrogens is 222 g/mol. The van der Waals surface area contributed by atoms with Gasteiger partial charge in [-0.15, -0.1) is 0 Å². The number of benzene rings is 1. The van der Waals surface area contributed by atoms with Gasteiger partial charge in [-0.05, 0) is 18.6 Å². The number of nitrogens with zero attached hydrogens (tertiary/aromatic N) is 2. The zero-order valence-corrected chi connectivity index (χ0v) is 11.4. The van der Waals surface area contributed by atoms with Gasteiger partial charge in [0.05, 0.1) is 0 Å². The van der Waals surface area contributed by atoms with Crippen LogP contribution in [0.5, 0.6) is 0 Å². The van der Waals surface area contributed by atoms with Crippen molar-refractivity contribution in [2.24, 2.45) is 0 Å². The molecule has 0 amide bonds. The van der Waals surface area contributed by atoms with Crippen LogP contribution in [0.1, 0.15) is 26.3 Å². The summed E-state index contributed by atoms with van der Waals surface area (Å²) in [4.78, 5) is 4.44. The van der Waals surface area contributed by atoms with Gasteiger partial charge in [-0.2, -0.15) is 0 Å². The van der Waals surface area contributed by atoms with Crippen LogP contribution in [0.15, 0.2) is 36.7 Å². The van der Waals surface area contributed by atoms with Crippen molar-refractivity contribution in [3.8, 4) is 11.4 Å². The molecule has 3 nitrogen and oxygen atoms in total. The highest BCUT2D eigenvalue weighted by Gasteiger charge is 2.05. The Morgan fingerprint density at radius 3 is 2.89 bits per heavy atom. The maximum Gasteiger partial charge on any atom is 0.139 e. The van der Waals surface area contributed by atoms with E-state index in [1.165, 1.54) is 11.1 Å². The molecule has 0 aliphatic rings. The highest BCUT2D eigenvalue weighted by Crippen LogP contribution is 2.18. The zero-order chi connectivity index (χ0) is 13.0. The van der Waals surface area contributed by atoms with Crippen molar-refractivity contribution in [3.63, 3.8) is 0 Å². The standard InChI is InChI=1S/C15H21N3/c1-4-18-9-8-16-15(18)14-7-5-6-13(10-14)11-17-12(2)3/h5-10,12,17H,4,11H2,1-3H3. The molecule has 1 N–H and O–H groups in total. The second kappa shape index (κ2) is 5.83. The second-order valence-electron chi connectivity index (χ2n) is 4.77. The van der Waals surface area contributed by atoms with E-state index < -0.39 is 0 Å². The van der Waals surface area contributed by atoms with Crippen LogP contribution in [0.3, 0.4) is 0 Å². The molecule has 1 aromatic carbocycles. The smallest absolute Gasteiger partial charge is 0.139 e. The molecule has 18 heavy (non-hydrogen) atoms. The van der Waals surface area contributed by atoms with Crippen LogP contribution in [0.25, 0.3) is 11.4 Å². The van der Waals surface area contributed by atoms with Gasteiger partial charge in [-0.3, -0.25) is 0 Å². The van der Waals surface area contributed by atoms with E-state index in [0.717, 1.165) is 18.9 Å². The third-order valence-electron chi connectivity index (χ3n) is 2.96. The van der Waals surface area contributed by atoms with E-state index in [-0.39, 0.29) is 0 Å². The van der Waals surface area contributed by atoms with E-state index in [1.807, 2.05) is 12.4 Å². The summed E-state index contributed by atoms with van der Waals surface area (Å²) in [6.07, 6.45) is 3.88. The quantitative estimate of drug-likeness (QED) is 0.874. The van der Waals surface area contributed by atoms with E-state index in [2.05, 4.69) is 59.9 Å². The monoisotopic (exact) mass is 243 g/mol. The SMILES string of the molecule is CCn1ccnc1-c1cccc(CNC(C)C)c1. The summed E-state index contributed by atoms with van der Waals surface area (Å²) in [7, 11) is 0. The normalized spacial score (nSPS) is 11.1. The minimum atomic E-state index is 0.506. The molecule has 0 aliphatic carbocycles. The minimum Gasteiger partial charge on any atom is -0.331 e. The first-order chi connectivity index (χ1) is 8.70. The first-order valence-corrected chi connectivity index (χ1v) is 6.54. The minimum absolute atomic E-state index is 0.506. The fourth-order valence-corrected chi connectivity index (χ4v) is 1.97. The van der Waals surface area contributed by atoms with Crippen molar-refractivity contribution in [3.05, 3.63) is 42.2 Å². The molecule has 1 aromatic heterocycles. The van der Waals surface area contributed by atoms with Crippen LogP contribution in [0, 0.1) is 0 Å². The van der Waals surface area contributed by atoms with Gasteiger partial charge in [-0.1, -0.05) is 32.0 Å². The molecule has 2 aromatic rings. The van der Waals surface area contributed by atoms with Gasteiger partial charge < -0.3 is 9.88 Å². The van der Waals surface area contributed by atoms with Crippen molar-refractivity contribution < 1.29 is 0 Å². The van der Waals surface area contributed by atoms with Crippen LogP contribution in [0.4, 0.5) is 0 Å². The summed E-state index contributed by atoms with van der Waals surface area (Å²) in [5, 5.41) is 3.44. The highest BCUT2D eigenvalue weighted by atomic mass is 15.1. The summed E-state index contributed by atoms with van der Waals surface area (Å²) < 4.78 is 2.16. The molecule has 0 aliphatic heterocycles. The summed E-state index contributed by atoms with van der Waals surface area (Å²) in [6, 6.07) is 9.09. The van der Waals surface area contributed by atoms with Crippen molar-refractivity contribution in [1.82, 2.24) is 14.9 Å². The maximum absolute atomic E-state index is 4.44. The summed E-state index contributed by atoms with van der Waals surface area (Å²) in [6.45, 7) is 8.30. The predicted molar refractivity (Wildman–Crippen MR) is 75.3 cm³/mol. The van der Waals surface area contributed by atoms with Gasteiger partial charge in [0.25, 0.3) is 0 Å². The van der Waals surface area contributed by atoms with Crippen LogP contribution in [0.2, 0.25) is 0 Å². The Kier molecular flexibility index (Phi) is 4.15. The topological polar surface area (TPSA) is 29.9 Å². The number of hydrogen-bond acceptors (Lipinski definition) is 2. The molecule has 0 saturated carbocycles. The average molecular weight is 243 g/mol. The third-order valence-corrected chi connectivity index (χ3v) is 2.96. The Morgan fingerprint density at radius 1 is 1.33 bits per heavy atom. The number of hydrogen-bond donors (Lipinski definition) is 1. The lowest BCUT2D eigenvalue weighted by molar-refractivity contribution is 0.589. The molecule has 1 heterocycles. The number of imidazole rings is 1. The van der Waals surface area contributed by atoms with Crippen LogP contribution >= 0.6 is 0 Å². The summed E-state index contributed by atoms with van der Waals surface area (Å²) in [5.74, 6) is 1.05. The predicted octanol–water partition coefficient (Wildman–Crippen LogP) is 3.07. The molecule has 0 spiro atoms. The van der Waals surface area contributed by atoms with Gasteiger partial charge in [0.2, 0.25) is 0 Å². The van der Waals surface area contributed by atoms with Crippen molar-refractivity contribution in [2.45, 2.75) is 39.9 Å². The van der Waals surface area contributed by atoms with Gasteiger partial charge in [0.1, 0.15) is 5.82 Å². The second-order valence-corrected chi connectivity index (χ2v) is 4.77. The first kappa shape index (κ1) is 12.8. The number of rotatable bonds is 5. The lowest BCUT2D eigenvalue weighted by Crippen LogP contribution is -2.21. The largest absolute Gasteiger partial charge is 0.331 e. The number of nitrogens with one attached hydrogen (secondary N) is 1. The van der Waals surface area contributed by atoms with Crippen molar-refractivity contribution in [2.75, 3.05) is 0 Å². The molecule has 96 valence electrons. The Bertz CT molecular complexity index is 500. The maximum atomic E-state index is 4.44. The number of aromatic nitrogens is 2. The van der Waals surface area contributed by atoms with E-state index in [9.17, 15) is 0 Å². The molecule has 2 rings (SSSR count). The molecule has 0 saturated heterocycles. The number of aryl methyl sites for hydroxylation is 1. The Morgan fingerprint density at radius 2 is 2.17 bits per heavy atom. The molecule has 0 radical (unpaired) electrons. The van der Waals surface area contributed by atoms with Crippen LogP contribution in [-0.4, -0.2) is 15.6 Å². The van der Waals surface area contributed by atoms with Gasteiger partial charge in [-0.25, -0.2) is 4.98 Å². The zero-order valence-electron chi connectivity index (χ0n) is 11.4. The third kappa shape index (κ3) is 2.99. The van der Waals surface area contributed by atoms with Crippen molar-refractivity contribution in [1.29, 1.82) is 0 Å². The molecule has 0 atom stereocenters. The Balaban J connectivity index is 2.21. The van der Waals surface area contributed by atoms with Gasteiger partial charge >= 0.3 is 0 Å². The van der Waals surface area contributed by atoms with E-state index >= 15 is 0 Å². The lowest BCUT2D eigenvalue weighted by atomic mass is 10.1. The molecule has 0 fully saturated rings. The molecular formula is C15H21N3. The Labute approximate surface area is 109 Å². The lowest BCUT2D eigenvalue weighted by Gasteiger charge is -2.10. The molecule has 0 unspecified atom stereocenters. The van der Waals surface area contributed by atoms with E-state index in [1.54, 1.807) is 0 Å². The Hall–Kier alpha value is -1.61. The fourth-order valence-electron chi connectivity index (χ4n) is 1.97. The molecule has 0 bridgehead atoms. The van der Waals surface area contributed by atoms with Crippen LogP contribution < -0.4 is 5.32 Å². The fraction of sp³-hybridized carbons (Fsp3) is 0.400. The van der Waals surface area contributed by atoms with Gasteiger partial charge in [0, 0.05) is 37.1 Å². The van der Waals surface area contributed by atoms with E-state index in [0.29, 0.717) is 6.04 Å². The first-order valence-electron chi connectivity index (χ1n) is 6.54. The average Bonchev–Trinajstić information content (AvgIpc) is 2.85. The summed E-state index contributed by atoms with van der Waals surface area (Å²) in [5.41, 5.74) is 2.48. The van der Waals surface area contributed by atoms with Crippen LogP contribution in [-0.2, 0) is 13.1 Å². The highest BCUT2D eigenvalue weighted by molar-refractivity contribution is 5.56. The van der Waals surface area contributed by atoms with Crippen molar-refractivity contribution >= 4 is 0 Å². The summed E-state index contributed by atoms with van der Waals surface area (Å²) >= 11 is 0.